The molecular formula is C15H18BrNO4. The fourth-order valence-electron chi connectivity index (χ4n) is 1.80. The number of hydrogen-bond acceptors (Lipinski definition) is 3. The van der Waals surface area contributed by atoms with Crippen LogP contribution in [0.3, 0.4) is 0 Å². The Labute approximate surface area is 132 Å². The van der Waals surface area contributed by atoms with E-state index in [1.54, 1.807) is 33.1 Å². The molecule has 0 aromatic heterocycles. The second-order valence-corrected chi connectivity index (χ2v) is 6.08. The highest BCUT2D eigenvalue weighted by Crippen LogP contribution is 2.24. The van der Waals surface area contributed by atoms with Crippen LogP contribution in [0, 0.1) is 0 Å². The summed E-state index contributed by atoms with van der Waals surface area (Å²) in [7, 11) is 1.55. The number of carboxylic acids is 1. The molecule has 0 fully saturated rings. The minimum atomic E-state index is -0.960. The van der Waals surface area contributed by atoms with Crippen molar-refractivity contribution < 1.29 is 19.4 Å². The molecule has 114 valence electrons. The maximum absolute atomic E-state index is 11.9. The fraction of sp³-hybridized carbons (Fsp3) is 0.333. The molecule has 0 saturated heterocycles. The van der Waals surface area contributed by atoms with E-state index >= 15 is 0 Å². The summed E-state index contributed by atoms with van der Waals surface area (Å²) in [5.74, 6) is -0.673. The summed E-state index contributed by atoms with van der Waals surface area (Å²) in [4.78, 5) is 22.6. The highest BCUT2D eigenvalue weighted by atomic mass is 79.9. The van der Waals surface area contributed by atoms with Gasteiger partial charge >= 0.3 is 5.97 Å². The average molecular weight is 356 g/mol. The first-order valence-electron chi connectivity index (χ1n) is 6.29. The molecular weight excluding hydrogens is 338 g/mol. The highest BCUT2D eigenvalue weighted by Gasteiger charge is 2.22. The summed E-state index contributed by atoms with van der Waals surface area (Å²) < 4.78 is 6.07. The van der Waals surface area contributed by atoms with E-state index in [9.17, 15) is 9.59 Å². The molecule has 0 spiro atoms. The number of methoxy groups -OCH3 is 1. The number of carbonyl (C=O) groups is 2. The van der Waals surface area contributed by atoms with Gasteiger partial charge in [0.2, 0.25) is 5.91 Å². The van der Waals surface area contributed by atoms with Crippen molar-refractivity contribution in [2.45, 2.75) is 25.8 Å². The van der Waals surface area contributed by atoms with E-state index in [0.29, 0.717) is 5.75 Å². The van der Waals surface area contributed by atoms with Crippen molar-refractivity contribution in [3.63, 3.8) is 0 Å². The smallest absolute Gasteiger partial charge is 0.305 e. The Morgan fingerprint density at radius 2 is 2.10 bits per heavy atom. The van der Waals surface area contributed by atoms with Crippen molar-refractivity contribution in [3.05, 3.63) is 34.3 Å². The highest BCUT2D eigenvalue weighted by molar-refractivity contribution is 9.10. The molecule has 0 radical (unpaired) electrons. The number of halogens is 1. The molecule has 0 atom stereocenters. The van der Waals surface area contributed by atoms with Crippen molar-refractivity contribution >= 4 is 33.9 Å². The lowest BCUT2D eigenvalue weighted by molar-refractivity contribution is -0.138. The number of aliphatic carboxylic acids is 1. The summed E-state index contributed by atoms with van der Waals surface area (Å²) in [6, 6.07) is 5.45. The number of ether oxygens (including phenoxy) is 1. The lowest BCUT2D eigenvalue weighted by Gasteiger charge is -2.23. The Bertz CT molecular complexity index is 567. The molecule has 0 saturated carbocycles. The van der Waals surface area contributed by atoms with E-state index in [1.807, 2.05) is 12.1 Å². The van der Waals surface area contributed by atoms with E-state index in [1.165, 1.54) is 6.08 Å². The van der Waals surface area contributed by atoms with Crippen LogP contribution in [0.4, 0.5) is 0 Å². The molecule has 5 nitrogen and oxygen atoms in total. The van der Waals surface area contributed by atoms with E-state index in [2.05, 4.69) is 21.2 Å². The van der Waals surface area contributed by atoms with Crippen LogP contribution in [0.15, 0.2) is 28.7 Å². The van der Waals surface area contributed by atoms with Crippen molar-refractivity contribution in [2.24, 2.45) is 0 Å². The number of rotatable bonds is 6. The molecule has 0 aliphatic rings. The summed E-state index contributed by atoms with van der Waals surface area (Å²) in [6.07, 6.45) is 2.83. The third-order valence-corrected chi connectivity index (χ3v) is 3.15. The summed E-state index contributed by atoms with van der Waals surface area (Å²) >= 11 is 3.35. The van der Waals surface area contributed by atoms with E-state index in [0.717, 1.165) is 10.0 Å². The van der Waals surface area contributed by atoms with Crippen molar-refractivity contribution in [3.8, 4) is 5.75 Å². The fourth-order valence-corrected chi connectivity index (χ4v) is 2.18. The Hall–Kier alpha value is -1.82. The standard InChI is InChI=1S/C15H18BrNO4/c1-15(2,9-14(19)20)17-13(18)7-4-10-8-11(16)5-6-12(10)21-3/h4-8H,9H2,1-3H3,(H,17,18)(H,19,20). The van der Waals surface area contributed by atoms with Gasteiger partial charge < -0.3 is 15.2 Å². The van der Waals surface area contributed by atoms with Crippen LogP contribution in [0.5, 0.6) is 5.75 Å². The molecule has 1 aromatic rings. The lowest BCUT2D eigenvalue weighted by Crippen LogP contribution is -2.44. The zero-order valence-corrected chi connectivity index (χ0v) is 13.7. The minimum absolute atomic E-state index is 0.146. The molecule has 1 aromatic carbocycles. The van der Waals surface area contributed by atoms with Gasteiger partial charge in [-0.05, 0) is 38.1 Å². The van der Waals surface area contributed by atoms with Gasteiger partial charge in [-0.15, -0.1) is 0 Å². The van der Waals surface area contributed by atoms with E-state index < -0.39 is 11.5 Å². The number of carboxylic acid groups (broad SMARTS) is 1. The summed E-state index contributed by atoms with van der Waals surface area (Å²) in [6.45, 7) is 3.32. The van der Waals surface area contributed by atoms with Gasteiger partial charge in [-0.2, -0.15) is 0 Å². The molecule has 1 rings (SSSR count). The number of amides is 1. The second kappa shape index (κ2) is 7.26. The van der Waals surface area contributed by atoms with Crippen LogP contribution in [0.25, 0.3) is 6.08 Å². The van der Waals surface area contributed by atoms with Gasteiger partial charge in [0, 0.05) is 21.7 Å². The molecule has 0 unspecified atom stereocenters. The van der Waals surface area contributed by atoms with Gasteiger partial charge in [0.1, 0.15) is 5.75 Å². The first-order chi connectivity index (χ1) is 9.73. The lowest BCUT2D eigenvalue weighted by atomic mass is 10.0. The van der Waals surface area contributed by atoms with Gasteiger partial charge in [0.05, 0.1) is 13.5 Å². The van der Waals surface area contributed by atoms with Crippen LogP contribution >= 0.6 is 15.9 Å². The van der Waals surface area contributed by atoms with Crippen LogP contribution < -0.4 is 10.1 Å². The van der Waals surface area contributed by atoms with Gasteiger partial charge in [0.15, 0.2) is 0 Å². The Morgan fingerprint density at radius 3 is 2.67 bits per heavy atom. The molecule has 0 aliphatic carbocycles. The molecule has 6 heteroatoms. The second-order valence-electron chi connectivity index (χ2n) is 5.16. The first-order valence-corrected chi connectivity index (χ1v) is 7.08. The Balaban J connectivity index is 2.79. The Morgan fingerprint density at radius 1 is 1.43 bits per heavy atom. The maximum atomic E-state index is 11.9. The Kier molecular flexibility index (Phi) is 5.96. The topological polar surface area (TPSA) is 75.6 Å². The van der Waals surface area contributed by atoms with Crippen molar-refractivity contribution in [1.29, 1.82) is 0 Å². The van der Waals surface area contributed by atoms with Gasteiger partial charge in [-0.1, -0.05) is 15.9 Å². The summed E-state index contributed by atoms with van der Waals surface area (Å²) in [5.41, 5.74) is -0.0627. The van der Waals surface area contributed by atoms with Crippen molar-refractivity contribution in [2.75, 3.05) is 7.11 Å². The quantitative estimate of drug-likeness (QED) is 0.769. The first kappa shape index (κ1) is 17.2. The molecule has 21 heavy (non-hydrogen) atoms. The van der Waals surface area contributed by atoms with E-state index in [-0.39, 0.29) is 12.3 Å². The monoisotopic (exact) mass is 355 g/mol. The molecule has 1 amide bonds. The van der Waals surface area contributed by atoms with Crippen LogP contribution in [0.2, 0.25) is 0 Å². The van der Waals surface area contributed by atoms with Crippen LogP contribution in [0.1, 0.15) is 25.8 Å². The molecule has 0 bridgehead atoms. The van der Waals surface area contributed by atoms with Gasteiger partial charge in [0.25, 0.3) is 0 Å². The maximum Gasteiger partial charge on any atom is 0.305 e. The predicted octanol–water partition coefficient (Wildman–Crippen LogP) is 2.84. The number of hydrogen-bond donors (Lipinski definition) is 2. The SMILES string of the molecule is COc1ccc(Br)cc1C=CC(=O)NC(C)(C)CC(=O)O. The summed E-state index contributed by atoms with van der Waals surface area (Å²) in [5, 5.41) is 11.4. The zero-order valence-electron chi connectivity index (χ0n) is 12.1. The van der Waals surface area contributed by atoms with E-state index in [4.69, 9.17) is 9.84 Å². The average Bonchev–Trinajstić information content (AvgIpc) is 2.34. The molecule has 0 heterocycles. The number of benzene rings is 1. The molecule has 0 aliphatic heterocycles. The normalized spacial score (nSPS) is 11.4. The third kappa shape index (κ3) is 5.99. The van der Waals surface area contributed by atoms with Crippen LogP contribution in [-0.4, -0.2) is 29.6 Å². The third-order valence-electron chi connectivity index (χ3n) is 2.66. The number of carbonyl (C=O) groups excluding carboxylic acids is 1. The minimum Gasteiger partial charge on any atom is -0.496 e. The largest absolute Gasteiger partial charge is 0.496 e. The molecule has 2 N–H and O–H groups in total. The predicted molar refractivity (Wildman–Crippen MR) is 84.2 cm³/mol. The van der Waals surface area contributed by atoms with Gasteiger partial charge in [-0.25, -0.2) is 0 Å². The van der Waals surface area contributed by atoms with Crippen LogP contribution in [-0.2, 0) is 9.59 Å². The number of nitrogens with one attached hydrogen (secondary N) is 1. The van der Waals surface area contributed by atoms with Gasteiger partial charge in [-0.3, -0.25) is 9.59 Å². The zero-order chi connectivity index (χ0) is 16.0. The van der Waals surface area contributed by atoms with Crippen molar-refractivity contribution in [1.82, 2.24) is 5.32 Å².